The highest BCUT2D eigenvalue weighted by Crippen LogP contribution is 2.15. The van der Waals surface area contributed by atoms with Gasteiger partial charge in [-0.1, -0.05) is 79.1 Å². The van der Waals surface area contributed by atoms with Crippen molar-refractivity contribution in [2.24, 2.45) is 0 Å². The molecular formula is C14H32O6. The van der Waals surface area contributed by atoms with E-state index in [9.17, 15) is 0 Å². The molecule has 0 aromatic carbocycles. The third kappa shape index (κ3) is 194. The van der Waals surface area contributed by atoms with Crippen LogP contribution in [0.25, 0.3) is 0 Å². The van der Waals surface area contributed by atoms with Crippen molar-refractivity contribution in [3.63, 3.8) is 0 Å². The number of hydrogen-bond donors (Lipinski definition) is 4. The molecule has 0 unspecified atom stereocenters. The van der Waals surface area contributed by atoms with Crippen LogP contribution in [0.5, 0.6) is 0 Å². The quantitative estimate of drug-likeness (QED) is 0.461. The first-order valence-electron chi connectivity index (χ1n) is 7.13. The average molecular weight is 296 g/mol. The Morgan fingerprint density at radius 2 is 0.650 bits per heavy atom. The van der Waals surface area contributed by atoms with Crippen molar-refractivity contribution in [2.75, 3.05) is 0 Å². The Labute approximate surface area is 122 Å². The highest BCUT2D eigenvalue weighted by molar-refractivity contribution is 5.53. The van der Waals surface area contributed by atoms with E-state index in [0.717, 1.165) is 0 Å². The van der Waals surface area contributed by atoms with Gasteiger partial charge in [-0.2, -0.15) is 0 Å². The first-order chi connectivity index (χ1) is 9.29. The van der Waals surface area contributed by atoms with Gasteiger partial charge in [-0.25, -0.2) is 9.59 Å². The lowest BCUT2D eigenvalue weighted by Crippen LogP contribution is -1.85. The molecule has 0 spiro atoms. The fourth-order valence-corrected chi connectivity index (χ4v) is 1.06. The maximum absolute atomic E-state index is 8.56. The van der Waals surface area contributed by atoms with Crippen LogP contribution in [0.4, 0.5) is 9.59 Å². The van der Waals surface area contributed by atoms with E-state index in [4.69, 9.17) is 30.0 Å². The van der Waals surface area contributed by atoms with E-state index in [2.05, 4.69) is 27.7 Å². The standard InChI is InChI=1S/C6H12.2C3H8.2CH2O3/c1-2-4-6-5-3-1;2*1-3-2;2*2-1(3)4/h1-6H2;2*3H2,1-2H3;2*(H2,2,3,4). The second-order valence-corrected chi connectivity index (χ2v) is 4.10. The zero-order valence-electron chi connectivity index (χ0n) is 13.3. The van der Waals surface area contributed by atoms with Crippen LogP contribution < -0.4 is 0 Å². The lowest BCUT2D eigenvalue weighted by molar-refractivity contribution is 0.135. The Hall–Kier alpha value is -1.46. The molecule has 1 rings (SSSR count). The normalized spacial score (nSPS) is 11.4. The van der Waals surface area contributed by atoms with Gasteiger partial charge in [-0.15, -0.1) is 0 Å². The van der Waals surface area contributed by atoms with Crippen LogP contribution in [0, 0.1) is 0 Å². The Morgan fingerprint density at radius 1 is 0.600 bits per heavy atom. The van der Waals surface area contributed by atoms with Crippen molar-refractivity contribution in [1.82, 2.24) is 0 Å². The molecule has 6 heteroatoms. The molecule has 0 heterocycles. The van der Waals surface area contributed by atoms with Crippen LogP contribution in [-0.4, -0.2) is 32.7 Å². The summed E-state index contributed by atoms with van der Waals surface area (Å²) < 4.78 is 0. The van der Waals surface area contributed by atoms with Crippen molar-refractivity contribution in [3.05, 3.63) is 0 Å². The smallest absolute Gasteiger partial charge is 0.450 e. The van der Waals surface area contributed by atoms with Gasteiger partial charge < -0.3 is 20.4 Å². The van der Waals surface area contributed by atoms with Crippen molar-refractivity contribution >= 4 is 12.3 Å². The predicted octanol–water partition coefficient (Wildman–Crippen LogP) is 5.62. The van der Waals surface area contributed by atoms with Crippen LogP contribution in [0.3, 0.4) is 0 Å². The van der Waals surface area contributed by atoms with Gasteiger partial charge in [0.05, 0.1) is 0 Å². The molecule has 4 N–H and O–H groups in total. The summed E-state index contributed by atoms with van der Waals surface area (Å²) in [6.07, 6.45) is 7.83. The van der Waals surface area contributed by atoms with E-state index in [1.165, 1.54) is 51.4 Å². The zero-order chi connectivity index (χ0) is 16.8. The lowest BCUT2D eigenvalue weighted by atomic mass is 10.0. The number of carbonyl (C=O) groups is 2. The summed E-state index contributed by atoms with van der Waals surface area (Å²) in [7, 11) is 0. The summed E-state index contributed by atoms with van der Waals surface area (Å²) >= 11 is 0. The molecule has 1 aliphatic carbocycles. The summed E-state index contributed by atoms with van der Waals surface area (Å²) in [5.41, 5.74) is 0. The van der Waals surface area contributed by atoms with Gasteiger partial charge in [0.1, 0.15) is 0 Å². The molecule has 0 atom stereocenters. The van der Waals surface area contributed by atoms with Crippen LogP contribution in [0.2, 0.25) is 0 Å². The topological polar surface area (TPSA) is 115 Å². The van der Waals surface area contributed by atoms with Gasteiger partial charge in [0, 0.05) is 0 Å². The Balaban J connectivity index is -0.0000000831. The van der Waals surface area contributed by atoms with Gasteiger partial charge in [-0.3, -0.25) is 0 Å². The molecule has 0 aromatic heterocycles. The van der Waals surface area contributed by atoms with E-state index in [1.54, 1.807) is 0 Å². The maximum atomic E-state index is 8.56. The molecular weight excluding hydrogens is 264 g/mol. The minimum absolute atomic E-state index is 1.25. The fourth-order valence-electron chi connectivity index (χ4n) is 1.06. The SMILES string of the molecule is C1CCCCC1.CCC.CCC.O=C(O)O.O=C(O)O. The predicted molar refractivity (Wildman–Crippen MR) is 80.9 cm³/mol. The van der Waals surface area contributed by atoms with Gasteiger partial charge >= 0.3 is 12.3 Å². The van der Waals surface area contributed by atoms with Gasteiger partial charge in [0.15, 0.2) is 0 Å². The molecule has 20 heavy (non-hydrogen) atoms. The summed E-state index contributed by atoms with van der Waals surface area (Å²) in [4.78, 5) is 17.1. The second kappa shape index (κ2) is 30.5. The number of carboxylic acid groups (broad SMARTS) is 4. The molecule has 0 bridgehead atoms. The first kappa shape index (κ1) is 27.0. The van der Waals surface area contributed by atoms with E-state index >= 15 is 0 Å². The van der Waals surface area contributed by atoms with Crippen molar-refractivity contribution in [1.29, 1.82) is 0 Å². The highest BCUT2D eigenvalue weighted by atomic mass is 16.6. The molecule has 0 aliphatic heterocycles. The minimum atomic E-state index is -1.83. The molecule has 1 aliphatic rings. The molecule has 0 aromatic rings. The van der Waals surface area contributed by atoms with E-state index in [0.29, 0.717) is 0 Å². The number of rotatable bonds is 0. The average Bonchev–Trinajstić information content (AvgIpc) is 2.31. The highest BCUT2D eigenvalue weighted by Gasteiger charge is 1.95. The van der Waals surface area contributed by atoms with Gasteiger partial charge in [0.2, 0.25) is 0 Å². The summed E-state index contributed by atoms with van der Waals surface area (Å²) in [5.74, 6) is 0. The maximum Gasteiger partial charge on any atom is 0.503 e. The van der Waals surface area contributed by atoms with Crippen LogP contribution in [-0.2, 0) is 0 Å². The summed E-state index contributed by atoms with van der Waals surface area (Å²) in [5, 5.41) is 27.9. The summed E-state index contributed by atoms with van der Waals surface area (Å²) in [6.45, 7) is 8.50. The summed E-state index contributed by atoms with van der Waals surface area (Å²) in [6, 6.07) is 0. The molecule has 124 valence electrons. The van der Waals surface area contributed by atoms with E-state index < -0.39 is 12.3 Å². The molecule has 1 saturated carbocycles. The fraction of sp³-hybridized carbons (Fsp3) is 0.857. The third-order valence-electron chi connectivity index (χ3n) is 1.50. The third-order valence-corrected chi connectivity index (χ3v) is 1.50. The Kier molecular flexibility index (Phi) is 41.2. The van der Waals surface area contributed by atoms with Gasteiger partial charge in [0.25, 0.3) is 0 Å². The monoisotopic (exact) mass is 296 g/mol. The van der Waals surface area contributed by atoms with Gasteiger partial charge in [-0.05, 0) is 0 Å². The lowest BCUT2D eigenvalue weighted by Gasteiger charge is -2.05. The molecule has 0 amide bonds. The molecule has 0 saturated heterocycles. The largest absolute Gasteiger partial charge is 0.503 e. The first-order valence-corrected chi connectivity index (χ1v) is 7.13. The van der Waals surface area contributed by atoms with E-state index in [-0.39, 0.29) is 0 Å². The van der Waals surface area contributed by atoms with Crippen LogP contribution in [0.15, 0.2) is 0 Å². The molecule has 6 nitrogen and oxygen atoms in total. The number of hydrogen-bond acceptors (Lipinski definition) is 2. The van der Waals surface area contributed by atoms with Crippen molar-refractivity contribution in [3.8, 4) is 0 Å². The molecule has 0 radical (unpaired) electrons. The van der Waals surface area contributed by atoms with Crippen molar-refractivity contribution < 1.29 is 30.0 Å². The van der Waals surface area contributed by atoms with E-state index in [1.807, 2.05) is 0 Å². The molecule has 1 fully saturated rings. The minimum Gasteiger partial charge on any atom is -0.450 e. The Bertz CT molecular complexity index is 145. The Morgan fingerprint density at radius 3 is 0.700 bits per heavy atom. The second-order valence-electron chi connectivity index (χ2n) is 4.10. The van der Waals surface area contributed by atoms with Crippen LogP contribution in [0.1, 0.15) is 79.1 Å². The zero-order valence-corrected chi connectivity index (χ0v) is 13.3. The van der Waals surface area contributed by atoms with Crippen molar-refractivity contribution in [2.45, 2.75) is 79.1 Å². The van der Waals surface area contributed by atoms with Crippen LogP contribution >= 0.6 is 0 Å².